The SMILES string of the molecule is Cc1cc(C(C)NC(=O)Cn2cccc2C(=O)O)c(C)o1. The molecule has 6 nitrogen and oxygen atoms in total. The van der Waals surface area contributed by atoms with Crippen molar-refractivity contribution in [2.45, 2.75) is 33.4 Å². The number of carbonyl (C=O) groups is 2. The predicted octanol–water partition coefficient (Wildman–Crippen LogP) is 2.27. The Labute approximate surface area is 122 Å². The van der Waals surface area contributed by atoms with E-state index in [0.717, 1.165) is 17.1 Å². The number of aryl methyl sites for hydroxylation is 2. The molecule has 0 aromatic carbocycles. The molecule has 0 saturated carbocycles. The minimum Gasteiger partial charge on any atom is -0.477 e. The second-order valence-electron chi connectivity index (χ2n) is 4.98. The number of rotatable bonds is 5. The van der Waals surface area contributed by atoms with Crippen LogP contribution >= 0.6 is 0 Å². The summed E-state index contributed by atoms with van der Waals surface area (Å²) in [4.78, 5) is 23.0. The summed E-state index contributed by atoms with van der Waals surface area (Å²) in [6.07, 6.45) is 1.57. The van der Waals surface area contributed by atoms with E-state index < -0.39 is 5.97 Å². The number of carboxylic acid groups (broad SMARTS) is 1. The summed E-state index contributed by atoms with van der Waals surface area (Å²) in [5.74, 6) is 0.260. The highest BCUT2D eigenvalue weighted by Gasteiger charge is 2.16. The van der Waals surface area contributed by atoms with Crippen molar-refractivity contribution in [3.05, 3.63) is 47.2 Å². The molecule has 1 unspecified atom stereocenters. The zero-order valence-electron chi connectivity index (χ0n) is 12.2. The van der Waals surface area contributed by atoms with Crippen LogP contribution in [-0.4, -0.2) is 21.6 Å². The molecule has 0 aliphatic heterocycles. The van der Waals surface area contributed by atoms with Gasteiger partial charge in [0, 0.05) is 11.8 Å². The maximum Gasteiger partial charge on any atom is 0.352 e. The Morgan fingerprint density at radius 2 is 2.14 bits per heavy atom. The van der Waals surface area contributed by atoms with Crippen molar-refractivity contribution < 1.29 is 19.1 Å². The molecule has 1 atom stereocenters. The number of hydrogen-bond acceptors (Lipinski definition) is 3. The van der Waals surface area contributed by atoms with Gasteiger partial charge in [0.15, 0.2) is 0 Å². The van der Waals surface area contributed by atoms with Crippen LogP contribution in [0.25, 0.3) is 0 Å². The van der Waals surface area contributed by atoms with E-state index in [4.69, 9.17) is 9.52 Å². The number of nitrogens with one attached hydrogen (secondary N) is 1. The Morgan fingerprint density at radius 3 is 2.71 bits per heavy atom. The van der Waals surface area contributed by atoms with Crippen LogP contribution in [0.1, 0.15) is 40.5 Å². The Hall–Kier alpha value is -2.50. The fourth-order valence-corrected chi connectivity index (χ4v) is 2.35. The number of nitrogens with zero attached hydrogens (tertiary/aromatic N) is 1. The van der Waals surface area contributed by atoms with Crippen LogP contribution in [-0.2, 0) is 11.3 Å². The largest absolute Gasteiger partial charge is 0.477 e. The molecular formula is C15H18N2O4. The molecule has 0 bridgehead atoms. The lowest BCUT2D eigenvalue weighted by Crippen LogP contribution is -2.30. The maximum atomic E-state index is 12.0. The molecule has 112 valence electrons. The molecule has 0 radical (unpaired) electrons. The lowest BCUT2D eigenvalue weighted by atomic mass is 10.1. The van der Waals surface area contributed by atoms with Crippen LogP contribution in [0.4, 0.5) is 0 Å². The van der Waals surface area contributed by atoms with Crippen LogP contribution in [0.15, 0.2) is 28.8 Å². The van der Waals surface area contributed by atoms with Crippen molar-refractivity contribution in [2.75, 3.05) is 0 Å². The third-order valence-corrected chi connectivity index (χ3v) is 3.29. The highest BCUT2D eigenvalue weighted by Crippen LogP contribution is 2.21. The molecular weight excluding hydrogens is 272 g/mol. The van der Waals surface area contributed by atoms with Gasteiger partial charge in [0.25, 0.3) is 0 Å². The van der Waals surface area contributed by atoms with Crippen molar-refractivity contribution in [3.63, 3.8) is 0 Å². The number of carbonyl (C=O) groups excluding carboxylic acids is 1. The number of aromatic carboxylic acids is 1. The van der Waals surface area contributed by atoms with Crippen molar-refractivity contribution in [3.8, 4) is 0 Å². The summed E-state index contributed by atoms with van der Waals surface area (Å²) >= 11 is 0. The van der Waals surface area contributed by atoms with Gasteiger partial charge in [0.2, 0.25) is 5.91 Å². The molecule has 2 N–H and O–H groups in total. The quantitative estimate of drug-likeness (QED) is 0.884. The number of hydrogen-bond donors (Lipinski definition) is 2. The van der Waals surface area contributed by atoms with E-state index in [1.807, 2.05) is 26.8 Å². The molecule has 0 saturated heterocycles. The summed E-state index contributed by atoms with van der Waals surface area (Å²) in [6, 6.07) is 4.75. The zero-order valence-corrected chi connectivity index (χ0v) is 12.2. The molecule has 21 heavy (non-hydrogen) atoms. The van der Waals surface area contributed by atoms with E-state index in [2.05, 4.69) is 5.32 Å². The summed E-state index contributed by atoms with van der Waals surface area (Å²) in [6.45, 7) is 5.53. The fourth-order valence-electron chi connectivity index (χ4n) is 2.35. The first-order valence-electron chi connectivity index (χ1n) is 6.63. The van der Waals surface area contributed by atoms with E-state index in [-0.39, 0.29) is 24.2 Å². The van der Waals surface area contributed by atoms with Crippen molar-refractivity contribution >= 4 is 11.9 Å². The summed E-state index contributed by atoms with van der Waals surface area (Å²) < 4.78 is 6.84. The van der Waals surface area contributed by atoms with Gasteiger partial charge in [-0.1, -0.05) is 0 Å². The summed E-state index contributed by atoms with van der Waals surface area (Å²) in [5.41, 5.74) is 1.01. The van der Waals surface area contributed by atoms with Gasteiger partial charge in [0.1, 0.15) is 23.8 Å². The van der Waals surface area contributed by atoms with Crippen molar-refractivity contribution in [1.29, 1.82) is 0 Å². The van der Waals surface area contributed by atoms with E-state index in [9.17, 15) is 9.59 Å². The van der Waals surface area contributed by atoms with E-state index in [1.54, 1.807) is 12.3 Å². The first-order chi connectivity index (χ1) is 9.88. The third-order valence-electron chi connectivity index (χ3n) is 3.29. The third kappa shape index (κ3) is 3.34. The Kier molecular flexibility index (Phi) is 4.16. The van der Waals surface area contributed by atoms with Gasteiger partial charge in [-0.2, -0.15) is 0 Å². The lowest BCUT2D eigenvalue weighted by Gasteiger charge is -2.14. The molecule has 0 spiro atoms. The monoisotopic (exact) mass is 290 g/mol. The minimum absolute atomic E-state index is 0.0329. The van der Waals surface area contributed by atoms with E-state index >= 15 is 0 Å². The van der Waals surface area contributed by atoms with Gasteiger partial charge in [0.05, 0.1) is 6.04 Å². The maximum absolute atomic E-state index is 12.0. The number of aromatic nitrogens is 1. The van der Waals surface area contributed by atoms with Gasteiger partial charge in [-0.3, -0.25) is 4.79 Å². The first kappa shape index (κ1) is 14.9. The van der Waals surface area contributed by atoms with E-state index in [1.165, 1.54) is 10.6 Å². The molecule has 2 aromatic heterocycles. The van der Waals surface area contributed by atoms with Crippen LogP contribution < -0.4 is 5.32 Å². The minimum atomic E-state index is -1.05. The highest BCUT2D eigenvalue weighted by molar-refractivity contribution is 5.87. The van der Waals surface area contributed by atoms with Gasteiger partial charge in [-0.05, 0) is 39.0 Å². The Balaban J connectivity index is 2.03. The van der Waals surface area contributed by atoms with Crippen LogP contribution in [0.2, 0.25) is 0 Å². The lowest BCUT2D eigenvalue weighted by molar-refractivity contribution is -0.122. The molecule has 0 fully saturated rings. The van der Waals surface area contributed by atoms with Gasteiger partial charge >= 0.3 is 5.97 Å². The van der Waals surface area contributed by atoms with Gasteiger partial charge in [-0.25, -0.2) is 4.79 Å². The molecule has 2 aromatic rings. The number of furan rings is 1. The number of carboxylic acids is 1. The van der Waals surface area contributed by atoms with Crippen LogP contribution in [0, 0.1) is 13.8 Å². The topological polar surface area (TPSA) is 84.5 Å². The van der Waals surface area contributed by atoms with Crippen molar-refractivity contribution in [2.24, 2.45) is 0 Å². The number of amides is 1. The molecule has 1 amide bonds. The Bertz CT molecular complexity index is 669. The molecule has 2 heterocycles. The summed E-state index contributed by atoms with van der Waals surface area (Å²) in [7, 11) is 0. The zero-order chi connectivity index (χ0) is 15.6. The van der Waals surface area contributed by atoms with Crippen molar-refractivity contribution in [1.82, 2.24) is 9.88 Å². The van der Waals surface area contributed by atoms with Gasteiger partial charge in [-0.15, -0.1) is 0 Å². The summed E-state index contributed by atoms with van der Waals surface area (Å²) in [5, 5.41) is 11.8. The van der Waals surface area contributed by atoms with Crippen LogP contribution in [0.3, 0.4) is 0 Å². The average Bonchev–Trinajstić information content (AvgIpc) is 2.95. The normalized spacial score (nSPS) is 12.1. The highest BCUT2D eigenvalue weighted by atomic mass is 16.4. The van der Waals surface area contributed by atoms with Gasteiger partial charge < -0.3 is 19.4 Å². The standard InChI is InChI=1S/C15H18N2O4/c1-9-7-12(11(3)21-9)10(2)16-14(18)8-17-6-4-5-13(17)15(19)20/h4-7,10H,8H2,1-3H3,(H,16,18)(H,19,20). The van der Waals surface area contributed by atoms with E-state index in [0.29, 0.717) is 0 Å². The Morgan fingerprint density at radius 1 is 1.43 bits per heavy atom. The van der Waals surface area contributed by atoms with Crippen LogP contribution in [0.5, 0.6) is 0 Å². The second kappa shape index (κ2) is 5.87. The smallest absolute Gasteiger partial charge is 0.352 e. The molecule has 0 aliphatic rings. The predicted molar refractivity (Wildman–Crippen MR) is 76.1 cm³/mol. The molecule has 2 rings (SSSR count). The molecule has 0 aliphatic carbocycles. The average molecular weight is 290 g/mol. The molecule has 6 heteroatoms. The first-order valence-corrected chi connectivity index (χ1v) is 6.63. The fraction of sp³-hybridized carbons (Fsp3) is 0.333. The second-order valence-corrected chi connectivity index (χ2v) is 4.98.